The number of piperidine rings is 1. The molecule has 0 aromatic carbocycles. The molecule has 0 radical (unpaired) electrons. The van der Waals surface area contributed by atoms with E-state index in [9.17, 15) is 8.42 Å². The molecule has 0 aliphatic carbocycles. The Morgan fingerprint density at radius 2 is 2.10 bits per heavy atom. The van der Waals surface area contributed by atoms with E-state index >= 15 is 0 Å². The van der Waals surface area contributed by atoms with Crippen molar-refractivity contribution in [2.75, 3.05) is 26.2 Å². The van der Waals surface area contributed by atoms with Gasteiger partial charge in [-0.05, 0) is 31.8 Å². The highest BCUT2D eigenvalue weighted by atomic mass is 35.5. The van der Waals surface area contributed by atoms with E-state index in [1.807, 2.05) is 0 Å². The van der Waals surface area contributed by atoms with Crippen molar-refractivity contribution in [2.24, 2.45) is 13.0 Å². The van der Waals surface area contributed by atoms with E-state index in [0.717, 1.165) is 25.9 Å². The van der Waals surface area contributed by atoms with E-state index in [4.69, 9.17) is 11.6 Å². The summed E-state index contributed by atoms with van der Waals surface area (Å²) in [5, 5.41) is 3.44. The van der Waals surface area contributed by atoms with Crippen LogP contribution in [0.25, 0.3) is 0 Å². The second-order valence-electron chi connectivity index (χ2n) is 5.11. The molecule has 1 aliphatic rings. The van der Waals surface area contributed by atoms with E-state index in [1.165, 1.54) is 15.2 Å². The summed E-state index contributed by atoms with van der Waals surface area (Å²) in [6.07, 6.45) is 3.17. The van der Waals surface area contributed by atoms with Gasteiger partial charge in [0, 0.05) is 20.1 Å². The predicted octanol–water partition coefficient (Wildman–Crippen LogP) is 1.08. The van der Waals surface area contributed by atoms with Crippen LogP contribution in [0.3, 0.4) is 0 Å². The molecule has 0 bridgehead atoms. The van der Waals surface area contributed by atoms with Gasteiger partial charge in [-0.2, -0.15) is 4.31 Å². The van der Waals surface area contributed by atoms with Gasteiger partial charge in [-0.1, -0.05) is 18.5 Å². The first-order chi connectivity index (χ1) is 9.46. The van der Waals surface area contributed by atoms with E-state index < -0.39 is 10.0 Å². The lowest BCUT2D eigenvalue weighted by atomic mass is 9.98. The van der Waals surface area contributed by atoms with Crippen molar-refractivity contribution in [1.29, 1.82) is 0 Å². The third-order valence-corrected chi connectivity index (χ3v) is 6.07. The fourth-order valence-electron chi connectivity index (χ4n) is 2.39. The molecule has 114 valence electrons. The fourth-order valence-corrected chi connectivity index (χ4v) is 4.25. The number of imidazole rings is 1. The molecule has 8 heteroatoms. The highest BCUT2D eigenvalue weighted by molar-refractivity contribution is 7.89. The first kappa shape index (κ1) is 15.8. The lowest BCUT2D eigenvalue weighted by molar-refractivity contribution is 0.268. The van der Waals surface area contributed by atoms with Crippen molar-refractivity contribution < 1.29 is 8.42 Å². The molecular weight excluding hydrogens is 300 g/mol. The zero-order chi connectivity index (χ0) is 14.8. The molecule has 2 heterocycles. The SMILES string of the molecule is CCNCC1CCN(S(=O)(=O)c2ncn(C)c2Cl)CC1. The summed E-state index contributed by atoms with van der Waals surface area (Å²) in [4.78, 5) is 3.92. The summed E-state index contributed by atoms with van der Waals surface area (Å²) in [6, 6.07) is 0. The van der Waals surface area contributed by atoms with E-state index in [2.05, 4.69) is 17.2 Å². The normalized spacial score (nSPS) is 18.6. The van der Waals surface area contributed by atoms with Crippen LogP contribution >= 0.6 is 11.6 Å². The summed E-state index contributed by atoms with van der Waals surface area (Å²) in [5.74, 6) is 0.542. The second-order valence-corrected chi connectivity index (χ2v) is 7.32. The molecule has 0 amide bonds. The van der Waals surface area contributed by atoms with Gasteiger partial charge in [-0.15, -0.1) is 0 Å². The highest BCUT2D eigenvalue weighted by Crippen LogP contribution is 2.26. The molecule has 1 aromatic heterocycles. The lowest BCUT2D eigenvalue weighted by Crippen LogP contribution is -2.40. The number of sulfonamides is 1. The Morgan fingerprint density at radius 3 is 2.60 bits per heavy atom. The number of hydrogen-bond donors (Lipinski definition) is 1. The first-order valence-electron chi connectivity index (χ1n) is 6.84. The van der Waals surface area contributed by atoms with Gasteiger partial charge in [0.05, 0.1) is 6.33 Å². The van der Waals surface area contributed by atoms with Crippen molar-refractivity contribution in [3.63, 3.8) is 0 Å². The number of aryl methyl sites for hydroxylation is 1. The second kappa shape index (κ2) is 6.43. The third kappa shape index (κ3) is 3.16. The Bertz CT molecular complexity index is 550. The smallest absolute Gasteiger partial charge is 0.263 e. The van der Waals surface area contributed by atoms with Crippen molar-refractivity contribution in [2.45, 2.75) is 24.8 Å². The standard InChI is InChI=1S/C12H21ClN4O2S/c1-3-14-8-10-4-6-17(7-5-10)20(18,19)12-11(13)16(2)9-15-12/h9-10,14H,3-8H2,1-2H3. The molecule has 0 saturated carbocycles. The maximum absolute atomic E-state index is 12.5. The van der Waals surface area contributed by atoms with Gasteiger partial charge in [0.1, 0.15) is 5.15 Å². The molecule has 6 nitrogen and oxygen atoms in total. The number of hydrogen-bond acceptors (Lipinski definition) is 4. The molecule has 20 heavy (non-hydrogen) atoms. The van der Waals surface area contributed by atoms with E-state index in [-0.39, 0.29) is 10.2 Å². The quantitative estimate of drug-likeness (QED) is 0.881. The predicted molar refractivity (Wildman–Crippen MR) is 78.2 cm³/mol. The summed E-state index contributed by atoms with van der Waals surface area (Å²) >= 11 is 5.99. The van der Waals surface area contributed by atoms with Crippen LogP contribution in [0, 0.1) is 5.92 Å². The van der Waals surface area contributed by atoms with Crippen LogP contribution in [0.2, 0.25) is 5.15 Å². The lowest BCUT2D eigenvalue weighted by Gasteiger charge is -2.30. The van der Waals surface area contributed by atoms with Crippen LogP contribution in [0.1, 0.15) is 19.8 Å². The molecule has 1 fully saturated rings. The van der Waals surface area contributed by atoms with Crippen LogP contribution in [0.5, 0.6) is 0 Å². The topological polar surface area (TPSA) is 67.2 Å². The third-order valence-electron chi connectivity index (χ3n) is 3.68. The molecule has 1 saturated heterocycles. The van der Waals surface area contributed by atoms with Crippen LogP contribution in [0.15, 0.2) is 11.4 Å². The minimum atomic E-state index is -3.57. The van der Waals surface area contributed by atoms with Crippen molar-refractivity contribution in [3.8, 4) is 0 Å². The number of aromatic nitrogens is 2. The summed E-state index contributed by atoms with van der Waals surface area (Å²) in [6.45, 7) is 5.04. The zero-order valence-electron chi connectivity index (χ0n) is 11.8. The Morgan fingerprint density at radius 1 is 1.45 bits per heavy atom. The van der Waals surface area contributed by atoms with Crippen molar-refractivity contribution >= 4 is 21.6 Å². The van der Waals surface area contributed by atoms with Gasteiger partial charge in [0.15, 0.2) is 0 Å². The van der Waals surface area contributed by atoms with Gasteiger partial charge < -0.3 is 9.88 Å². The molecular formula is C12H21ClN4O2S. The van der Waals surface area contributed by atoms with Gasteiger partial charge in [-0.25, -0.2) is 13.4 Å². The Labute approximate surface area is 125 Å². The van der Waals surface area contributed by atoms with Gasteiger partial charge in [-0.3, -0.25) is 0 Å². The average molecular weight is 321 g/mol. The van der Waals surface area contributed by atoms with E-state index in [1.54, 1.807) is 7.05 Å². The van der Waals surface area contributed by atoms with Crippen molar-refractivity contribution in [3.05, 3.63) is 11.5 Å². The van der Waals surface area contributed by atoms with Crippen LogP contribution in [-0.2, 0) is 17.1 Å². The van der Waals surface area contributed by atoms with Crippen molar-refractivity contribution in [1.82, 2.24) is 19.2 Å². The maximum Gasteiger partial charge on any atom is 0.263 e. The molecule has 0 unspecified atom stereocenters. The fraction of sp³-hybridized carbons (Fsp3) is 0.750. The molecule has 0 spiro atoms. The number of halogens is 1. The number of nitrogens with one attached hydrogen (secondary N) is 1. The molecule has 1 N–H and O–H groups in total. The van der Waals surface area contributed by atoms with Crippen LogP contribution < -0.4 is 5.32 Å². The first-order valence-corrected chi connectivity index (χ1v) is 8.66. The Hall–Kier alpha value is -0.630. The Kier molecular flexibility index (Phi) is 5.06. The zero-order valence-corrected chi connectivity index (χ0v) is 13.4. The molecule has 2 rings (SSSR count). The number of rotatable bonds is 5. The minimum absolute atomic E-state index is 0.0354. The highest BCUT2D eigenvalue weighted by Gasteiger charge is 2.32. The summed E-state index contributed by atoms with van der Waals surface area (Å²) < 4.78 is 28.0. The monoisotopic (exact) mass is 320 g/mol. The van der Waals surface area contributed by atoms with E-state index in [0.29, 0.717) is 19.0 Å². The summed E-state index contributed by atoms with van der Waals surface area (Å²) in [7, 11) is -1.89. The Balaban J connectivity index is 2.04. The average Bonchev–Trinajstić information content (AvgIpc) is 2.78. The molecule has 1 aliphatic heterocycles. The van der Waals surface area contributed by atoms with Gasteiger partial charge in [0.25, 0.3) is 10.0 Å². The number of nitrogens with zero attached hydrogens (tertiary/aromatic N) is 3. The van der Waals surface area contributed by atoms with Gasteiger partial charge >= 0.3 is 0 Å². The molecule has 1 aromatic rings. The minimum Gasteiger partial charge on any atom is -0.324 e. The largest absolute Gasteiger partial charge is 0.324 e. The maximum atomic E-state index is 12.5. The molecule has 0 atom stereocenters. The van der Waals surface area contributed by atoms with Crippen LogP contribution in [0.4, 0.5) is 0 Å². The van der Waals surface area contributed by atoms with Crippen LogP contribution in [-0.4, -0.2) is 48.5 Å². The van der Waals surface area contributed by atoms with Gasteiger partial charge in [0.2, 0.25) is 5.03 Å². The summed E-state index contributed by atoms with van der Waals surface area (Å²) in [5.41, 5.74) is 0.